The minimum absolute atomic E-state index is 0.476. The van der Waals surface area contributed by atoms with Crippen LogP contribution in [0.3, 0.4) is 0 Å². The van der Waals surface area contributed by atoms with Crippen LogP contribution in [-0.2, 0) is 0 Å². The lowest BCUT2D eigenvalue weighted by Crippen LogP contribution is -2.04. The maximum atomic E-state index is 8.94. The first-order valence-corrected chi connectivity index (χ1v) is 9.00. The van der Waals surface area contributed by atoms with Crippen molar-refractivity contribution in [3.05, 3.63) is 70.9 Å². The van der Waals surface area contributed by atoms with Gasteiger partial charge in [0, 0.05) is 17.6 Å². The zero-order valence-corrected chi connectivity index (χ0v) is 16.0. The van der Waals surface area contributed by atoms with Crippen LogP contribution < -0.4 is 10.6 Å². The summed E-state index contributed by atoms with van der Waals surface area (Å²) in [5, 5.41) is 16.6. The molecule has 2 aromatic carbocycles. The number of H-pyrrole nitrogens is 1. The van der Waals surface area contributed by atoms with Gasteiger partial charge in [0.1, 0.15) is 11.5 Å². The van der Waals surface area contributed by atoms with Crippen molar-refractivity contribution in [3.8, 4) is 6.07 Å². The Kier molecular flexibility index (Phi) is 4.42. The number of aryl methyl sites for hydroxylation is 3. The molecule has 0 bridgehead atoms. The highest BCUT2D eigenvalue weighted by molar-refractivity contribution is 5.91. The standard InChI is InChI=1S/C22H20N6/c1-13-10-14(2)19(15(3)11-13)26-21-18-8-9-24-20(18)27-22(28-21)25-17-6-4-16(12-23)5-7-17/h4-11H,1-3H3,(H3,24,25,26,27,28). The van der Waals surface area contributed by atoms with Crippen LogP contribution in [0.15, 0.2) is 48.7 Å². The number of hydrogen-bond acceptors (Lipinski definition) is 5. The Morgan fingerprint density at radius 2 is 1.64 bits per heavy atom. The fourth-order valence-corrected chi connectivity index (χ4v) is 3.35. The quantitative estimate of drug-likeness (QED) is 0.458. The van der Waals surface area contributed by atoms with Gasteiger partial charge in [0.05, 0.1) is 17.0 Å². The minimum atomic E-state index is 0.476. The van der Waals surface area contributed by atoms with Gasteiger partial charge in [-0.2, -0.15) is 15.2 Å². The molecule has 0 radical (unpaired) electrons. The van der Waals surface area contributed by atoms with Crippen LogP contribution in [0.2, 0.25) is 0 Å². The minimum Gasteiger partial charge on any atom is -0.346 e. The topological polar surface area (TPSA) is 89.4 Å². The SMILES string of the molecule is Cc1cc(C)c(Nc2nc(Nc3ccc(C#N)cc3)nc3[nH]ccc23)c(C)c1. The Labute approximate surface area is 163 Å². The van der Waals surface area contributed by atoms with Crippen LogP contribution in [0.25, 0.3) is 11.0 Å². The first kappa shape index (κ1) is 17.6. The third kappa shape index (κ3) is 3.38. The highest BCUT2D eigenvalue weighted by Gasteiger charge is 2.12. The van der Waals surface area contributed by atoms with Gasteiger partial charge in [-0.15, -0.1) is 0 Å². The number of fused-ring (bicyclic) bond motifs is 1. The number of benzene rings is 2. The molecule has 138 valence electrons. The predicted molar refractivity (Wildman–Crippen MR) is 112 cm³/mol. The van der Waals surface area contributed by atoms with E-state index in [0.717, 1.165) is 28.2 Å². The molecule has 6 heteroatoms. The summed E-state index contributed by atoms with van der Waals surface area (Å²) in [5.41, 5.74) is 6.80. The number of nitrogens with zero attached hydrogens (tertiary/aromatic N) is 3. The Morgan fingerprint density at radius 3 is 2.32 bits per heavy atom. The normalized spacial score (nSPS) is 10.6. The largest absolute Gasteiger partial charge is 0.346 e. The van der Waals surface area contributed by atoms with Gasteiger partial charge in [-0.25, -0.2) is 0 Å². The zero-order valence-electron chi connectivity index (χ0n) is 16.0. The molecule has 0 amide bonds. The second-order valence-corrected chi connectivity index (χ2v) is 6.85. The molecule has 0 unspecified atom stereocenters. The lowest BCUT2D eigenvalue weighted by Gasteiger charge is -2.15. The van der Waals surface area contributed by atoms with Crippen molar-refractivity contribution in [3.63, 3.8) is 0 Å². The molecular formula is C22H20N6. The van der Waals surface area contributed by atoms with Crippen molar-refractivity contribution in [2.75, 3.05) is 10.6 Å². The Bertz CT molecular complexity index is 1180. The van der Waals surface area contributed by atoms with Crippen molar-refractivity contribution in [1.29, 1.82) is 5.26 Å². The van der Waals surface area contributed by atoms with Gasteiger partial charge in [0.15, 0.2) is 0 Å². The van der Waals surface area contributed by atoms with E-state index < -0.39 is 0 Å². The molecule has 0 spiro atoms. The molecule has 0 aliphatic carbocycles. The highest BCUT2D eigenvalue weighted by Crippen LogP contribution is 2.30. The van der Waals surface area contributed by atoms with E-state index in [1.165, 1.54) is 16.7 Å². The van der Waals surface area contributed by atoms with E-state index in [-0.39, 0.29) is 0 Å². The molecule has 0 saturated carbocycles. The molecule has 4 rings (SSSR count). The van der Waals surface area contributed by atoms with E-state index in [1.807, 2.05) is 24.4 Å². The predicted octanol–water partition coefficient (Wildman–Crippen LogP) is 5.24. The van der Waals surface area contributed by atoms with Crippen molar-refractivity contribution in [2.24, 2.45) is 0 Å². The second-order valence-electron chi connectivity index (χ2n) is 6.85. The second kappa shape index (κ2) is 7.05. The first-order valence-electron chi connectivity index (χ1n) is 9.00. The number of nitrogens with one attached hydrogen (secondary N) is 3. The number of aromatic amines is 1. The van der Waals surface area contributed by atoms with Crippen LogP contribution in [0, 0.1) is 32.1 Å². The van der Waals surface area contributed by atoms with Crippen molar-refractivity contribution in [2.45, 2.75) is 20.8 Å². The van der Waals surface area contributed by atoms with Gasteiger partial charge in [-0.1, -0.05) is 17.7 Å². The van der Waals surface area contributed by atoms with E-state index >= 15 is 0 Å². The van der Waals surface area contributed by atoms with Gasteiger partial charge in [-0.05, 0) is 62.2 Å². The summed E-state index contributed by atoms with van der Waals surface area (Å²) in [6.45, 7) is 6.28. The summed E-state index contributed by atoms with van der Waals surface area (Å²) in [7, 11) is 0. The Hall–Kier alpha value is -3.85. The van der Waals surface area contributed by atoms with Crippen LogP contribution in [0.1, 0.15) is 22.3 Å². The molecule has 0 aliphatic heterocycles. The fraction of sp³-hybridized carbons (Fsp3) is 0.136. The Balaban J connectivity index is 1.72. The highest BCUT2D eigenvalue weighted by atomic mass is 15.2. The molecule has 4 aromatic rings. The average molecular weight is 368 g/mol. The third-order valence-electron chi connectivity index (χ3n) is 4.61. The third-order valence-corrected chi connectivity index (χ3v) is 4.61. The summed E-state index contributed by atoms with van der Waals surface area (Å²) in [5.74, 6) is 1.21. The summed E-state index contributed by atoms with van der Waals surface area (Å²) in [6.07, 6.45) is 1.85. The molecule has 0 fully saturated rings. The molecule has 2 heterocycles. The monoisotopic (exact) mass is 368 g/mol. The van der Waals surface area contributed by atoms with Crippen LogP contribution in [0.5, 0.6) is 0 Å². The molecule has 0 atom stereocenters. The van der Waals surface area contributed by atoms with Crippen LogP contribution in [0.4, 0.5) is 23.1 Å². The van der Waals surface area contributed by atoms with Crippen molar-refractivity contribution < 1.29 is 0 Å². The van der Waals surface area contributed by atoms with E-state index in [1.54, 1.807) is 12.1 Å². The molecule has 2 aromatic heterocycles. The Morgan fingerprint density at radius 1 is 0.929 bits per heavy atom. The average Bonchev–Trinajstić information content (AvgIpc) is 3.14. The molecule has 3 N–H and O–H groups in total. The van der Waals surface area contributed by atoms with Crippen LogP contribution >= 0.6 is 0 Å². The van der Waals surface area contributed by atoms with Gasteiger partial charge in [-0.3, -0.25) is 0 Å². The number of anilines is 4. The van der Waals surface area contributed by atoms with Crippen LogP contribution in [-0.4, -0.2) is 15.0 Å². The first-order chi connectivity index (χ1) is 13.5. The maximum absolute atomic E-state index is 8.94. The van der Waals surface area contributed by atoms with Crippen molar-refractivity contribution in [1.82, 2.24) is 15.0 Å². The van der Waals surface area contributed by atoms with Crippen molar-refractivity contribution >= 4 is 34.2 Å². The van der Waals surface area contributed by atoms with Gasteiger partial charge < -0.3 is 15.6 Å². The summed E-state index contributed by atoms with van der Waals surface area (Å²) < 4.78 is 0. The number of aromatic nitrogens is 3. The smallest absolute Gasteiger partial charge is 0.231 e. The molecular weight excluding hydrogens is 348 g/mol. The number of rotatable bonds is 4. The fourth-order valence-electron chi connectivity index (χ4n) is 3.35. The number of hydrogen-bond donors (Lipinski definition) is 3. The van der Waals surface area contributed by atoms with Gasteiger partial charge in [0.25, 0.3) is 0 Å². The lowest BCUT2D eigenvalue weighted by molar-refractivity contribution is 1.19. The van der Waals surface area contributed by atoms with Gasteiger partial charge >= 0.3 is 0 Å². The summed E-state index contributed by atoms with van der Waals surface area (Å²) >= 11 is 0. The molecule has 6 nitrogen and oxygen atoms in total. The summed E-state index contributed by atoms with van der Waals surface area (Å²) in [4.78, 5) is 12.4. The van der Waals surface area contributed by atoms with E-state index in [9.17, 15) is 0 Å². The van der Waals surface area contributed by atoms with E-state index in [0.29, 0.717) is 11.5 Å². The maximum Gasteiger partial charge on any atom is 0.231 e. The van der Waals surface area contributed by atoms with E-state index in [2.05, 4.69) is 59.6 Å². The zero-order chi connectivity index (χ0) is 19.7. The molecule has 0 aliphatic rings. The van der Waals surface area contributed by atoms with Gasteiger partial charge in [0.2, 0.25) is 5.95 Å². The lowest BCUT2D eigenvalue weighted by atomic mass is 10.1. The van der Waals surface area contributed by atoms with E-state index in [4.69, 9.17) is 10.2 Å². The summed E-state index contributed by atoms with van der Waals surface area (Å²) in [6, 6.07) is 15.6. The number of nitriles is 1. The molecule has 28 heavy (non-hydrogen) atoms. The molecule has 0 saturated heterocycles.